The van der Waals surface area contributed by atoms with E-state index >= 15 is 0 Å². The molecular formula is C21H17N3O7. The van der Waals surface area contributed by atoms with Crippen molar-refractivity contribution < 1.29 is 28.0 Å². The van der Waals surface area contributed by atoms with Crippen molar-refractivity contribution >= 4 is 22.6 Å². The fourth-order valence-corrected chi connectivity index (χ4v) is 3.01. The standard InChI is InChI=1S/C21H17N3O7/c1-12(20-22-23-21(31-20)13-3-5-15(6-4-13)24(26)27)30-19(25)9-14-11-29-18-10-16(28-2)7-8-17(14)18/h3-8,10-12H,9H2,1-2H3. The Bertz CT molecular complexity index is 1240. The van der Waals surface area contributed by atoms with E-state index in [-0.39, 0.29) is 23.9 Å². The van der Waals surface area contributed by atoms with Crippen LogP contribution in [0.1, 0.15) is 24.5 Å². The molecule has 0 saturated carbocycles. The van der Waals surface area contributed by atoms with Crippen LogP contribution in [0.2, 0.25) is 0 Å². The topological polar surface area (TPSA) is 131 Å². The van der Waals surface area contributed by atoms with Crippen LogP contribution in [-0.4, -0.2) is 28.2 Å². The van der Waals surface area contributed by atoms with Gasteiger partial charge in [0.25, 0.3) is 11.6 Å². The van der Waals surface area contributed by atoms with Crippen LogP contribution in [0.25, 0.3) is 22.4 Å². The summed E-state index contributed by atoms with van der Waals surface area (Å²) in [5.74, 6) is 0.456. The number of nitrogens with zero attached hydrogens (tertiary/aromatic N) is 3. The van der Waals surface area contributed by atoms with Gasteiger partial charge in [0.1, 0.15) is 11.3 Å². The van der Waals surface area contributed by atoms with Gasteiger partial charge in [-0.3, -0.25) is 14.9 Å². The lowest BCUT2D eigenvalue weighted by Crippen LogP contribution is -2.11. The second kappa shape index (κ2) is 8.27. The van der Waals surface area contributed by atoms with Crippen molar-refractivity contribution in [1.82, 2.24) is 10.2 Å². The average Bonchev–Trinajstić information content (AvgIpc) is 3.41. The van der Waals surface area contributed by atoms with E-state index in [1.165, 1.54) is 30.5 Å². The minimum absolute atomic E-state index is 0.00696. The summed E-state index contributed by atoms with van der Waals surface area (Å²) in [7, 11) is 1.56. The molecule has 0 saturated heterocycles. The van der Waals surface area contributed by atoms with Crippen LogP contribution in [0.5, 0.6) is 5.75 Å². The number of fused-ring (bicyclic) bond motifs is 1. The van der Waals surface area contributed by atoms with Gasteiger partial charge in [-0.05, 0) is 31.2 Å². The van der Waals surface area contributed by atoms with Crippen LogP contribution in [0.15, 0.2) is 57.6 Å². The van der Waals surface area contributed by atoms with E-state index < -0.39 is 17.0 Å². The normalized spacial score (nSPS) is 11.9. The molecular weight excluding hydrogens is 406 g/mol. The number of methoxy groups -OCH3 is 1. The fourth-order valence-electron chi connectivity index (χ4n) is 3.01. The molecule has 0 bridgehead atoms. The lowest BCUT2D eigenvalue weighted by atomic mass is 10.1. The Hall–Kier alpha value is -4.21. The largest absolute Gasteiger partial charge is 0.497 e. The Balaban J connectivity index is 1.42. The predicted octanol–water partition coefficient (Wildman–Crippen LogP) is 4.25. The van der Waals surface area contributed by atoms with Gasteiger partial charge in [-0.2, -0.15) is 0 Å². The first-order valence-corrected chi connectivity index (χ1v) is 9.26. The Morgan fingerprint density at radius 2 is 1.97 bits per heavy atom. The van der Waals surface area contributed by atoms with Gasteiger partial charge in [0.05, 0.1) is 24.7 Å². The summed E-state index contributed by atoms with van der Waals surface area (Å²) >= 11 is 0. The third-order valence-electron chi connectivity index (χ3n) is 4.62. The number of carbonyl (C=O) groups is 1. The number of hydrogen-bond donors (Lipinski definition) is 0. The van der Waals surface area contributed by atoms with E-state index in [9.17, 15) is 14.9 Å². The zero-order valence-corrected chi connectivity index (χ0v) is 16.6. The van der Waals surface area contributed by atoms with E-state index in [4.69, 9.17) is 18.3 Å². The Morgan fingerprint density at radius 3 is 2.68 bits per heavy atom. The van der Waals surface area contributed by atoms with E-state index in [1.807, 2.05) is 6.07 Å². The van der Waals surface area contributed by atoms with E-state index in [1.54, 1.807) is 26.2 Å². The highest BCUT2D eigenvalue weighted by molar-refractivity contribution is 5.86. The van der Waals surface area contributed by atoms with E-state index in [0.29, 0.717) is 22.5 Å². The van der Waals surface area contributed by atoms with Crippen molar-refractivity contribution in [3.63, 3.8) is 0 Å². The molecule has 0 aliphatic rings. The first kappa shape index (κ1) is 20.1. The highest BCUT2D eigenvalue weighted by atomic mass is 16.6. The highest BCUT2D eigenvalue weighted by Crippen LogP contribution is 2.27. The van der Waals surface area contributed by atoms with Crippen LogP contribution < -0.4 is 4.74 Å². The number of non-ortho nitro benzene ring substituents is 1. The number of benzene rings is 2. The molecule has 2 heterocycles. The highest BCUT2D eigenvalue weighted by Gasteiger charge is 2.21. The minimum atomic E-state index is -0.773. The maximum absolute atomic E-state index is 12.4. The van der Waals surface area contributed by atoms with Crippen LogP contribution in [0.4, 0.5) is 5.69 Å². The molecule has 4 rings (SSSR count). The number of nitro groups is 1. The van der Waals surface area contributed by atoms with Gasteiger partial charge in [0.15, 0.2) is 6.10 Å². The Labute approximate surface area is 175 Å². The summed E-state index contributed by atoms with van der Waals surface area (Å²) in [4.78, 5) is 22.7. The van der Waals surface area contributed by atoms with Crippen LogP contribution >= 0.6 is 0 Å². The van der Waals surface area contributed by atoms with Crippen molar-refractivity contribution in [2.24, 2.45) is 0 Å². The summed E-state index contributed by atoms with van der Waals surface area (Å²) in [6.07, 6.45) is 0.743. The molecule has 2 aromatic heterocycles. The molecule has 0 N–H and O–H groups in total. The second-order valence-corrected chi connectivity index (χ2v) is 6.68. The number of carbonyl (C=O) groups excluding carboxylic acids is 1. The number of nitro benzene ring substituents is 1. The number of furan rings is 1. The molecule has 0 spiro atoms. The van der Waals surface area contributed by atoms with Gasteiger partial charge in [-0.25, -0.2) is 0 Å². The molecule has 0 fully saturated rings. The van der Waals surface area contributed by atoms with Crippen LogP contribution in [0, 0.1) is 10.1 Å². The van der Waals surface area contributed by atoms with Crippen LogP contribution in [-0.2, 0) is 16.0 Å². The summed E-state index contributed by atoms with van der Waals surface area (Å²) in [6, 6.07) is 11.0. The summed E-state index contributed by atoms with van der Waals surface area (Å²) in [6.45, 7) is 1.61. The first-order valence-electron chi connectivity index (χ1n) is 9.26. The average molecular weight is 423 g/mol. The maximum Gasteiger partial charge on any atom is 0.311 e. The molecule has 0 aliphatic heterocycles. The first-order chi connectivity index (χ1) is 14.9. The monoisotopic (exact) mass is 423 g/mol. The molecule has 4 aromatic rings. The zero-order chi connectivity index (χ0) is 22.0. The van der Waals surface area contributed by atoms with Gasteiger partial charge in [0.2, 0.25) is 5.89 Å². The second-order valence-electron chi connectivity index (χ2n) is 6.68. The number of rotatable bonds is 7. The zero-order valence-electron chi connectivity index (χ0n) is 16.6. The molecule has 1 atom stereocenters. The minimum Gasteiger partial charge on any atom is -0.497 e. The smallest absolute Gasteiger partial charge is 0.311 e. The molecule has 31 heavy (non-hydrogen) atoms. The molecule has 10 nitrogen and oxygen atoms in total. The van der Waals surface area contributed by atoms with Crippen molar-refractivity contribution in [3.8, 4) is 17.2 Å². The number of aromatic nitrogens is 2. The molecule has 2 aromatic carbocycles. The third kappa shape index (κ3) is 4.22. The Morgan fingerprint density at radius 1 is 1.19 bits per heavy atom. The van der Waals surface area contributed by atoms with Crippen molar-refractivity contribution in [2.45, 2.75) is 19.4 Å². The van der Waals surface area contributed by atoms with Gasteiger partial charge >= 0.3 is 5.97 Å². The van der Waals surface area contributed by atoms with Crippen LogP contribution in [0.3, 0.4) is 0 Å². The molecule has 158 valence electrons. The SMILES string of the molecule is COc1ccc2c(CC(=O)OC(C)c3nnc(-c4ccc([N+](=O)[O-])cc4)o3)coc2c1. The lowest BCUT2D eigenvalue weighted by Gasteiger charge is -2.08. The van der Waals surface area contributed by atoms with Gasteiger partial charge in [-0.15, -0.1) is 10.2 Å². The fraction of sp³-hybridized carbons (Fsp3) is 0.190. The van der Waals surface area contributed by atoms with Crippen molar-refractivity contribution in [2.75, 3.05) is 7.11 Å². The quantitative estimate of drug-likeness (QED) is 0.243. The van der Waals surface area contributed by atoms with Crippen molar-refractivity contribution in [1.29, 1.82) is 0 Å². The number of ether oxygens (including phenoxy) is 2. The van der Waals surface area contributed by atoms with Gasteiger partial charge in [0, 0.05) is 34.7 Å². The predicted molar refractivity (Wildman–Crippen MR) is 107 cm³/mol. The molecule has 0 radical (unpaired) electrons. The van der Waals surface area contributed by atoms with Gasteiger partial charge < -0.3 is 18.3 Å². The third-order valence-corrected chi connectivity index (χ3v) is 4.62. The van der Waals surface area contributed by atoms with Crippen molar-refractivity contribution in [3.05, 3.63) is 70.3 Å². The maximum atomic E-state index is 12.4. The molecule has 0 amide bonds. The summed E-state index contributed by atoms with van der Waals surface area (Å²) in [5, 5.41) is 19.4. The number of hydrogen-bond acceptors (Lipinski definition) is 9. The summed E-state index contributed by atoms with van der Waals surface area (Å²) in [5.41, 5.74) is 1.77. The lowest BCUT2D eigenvalue weighted by molar-refractivity contribution is -0.384. The van der Waals surface area contributed by atoms with E-state index in [0.717, 1.165) is 5.39 Å². The van der Waals surface area contributed by atoms with Gasteiger partial charge in [-0.1, -0.05) is 0 Å². The molecule has 1 unspecified atom stereocenters. The number of esters is 1. The summed E-state index contributed by atoms with van der Waals surface area (Å²) < 4.78 is 21.6. The van der Waals surface area contributed by atoms with E-state index in [2.05, 4.69) is 10.2 Å². The molecule has 10 heteroatoms. The molecule has 0 aliphatic carbocycles. The Kier molecular flexibility index (Phi) is 5.35.